The van der Waals surface area contributed by atoms with Crippen molar-refractivity contribution in [3.05, 3.63) is 57.3 Å². The van der Waals surface area contributed by atoms with Crippen LogP contribution in [-0.2, 0) is 0 Å². The summed E-state index contributed by atoms with van der Waals surface area (Å²) in [5.74, 6) is 0.181. The zero-order valence-corrected chi connectivity index (χ0v) is 21.5. The second-order valence-corrected chi connectivity index (χ2v) is 10.1. The first-order valence-corrected chi connectivity index (χ1v) is 11.6. The number of pyridine rings is 1. The minimum Gasteiger partial charge on any atom is -0.357 e. The van der Waals surface area contributed by atoms with Crippen LogP contribution in [0.3, 0.4) is 0 Å². The van der Waals surface area contributed by atoms with Crippen LogP contribution in [0.25, 0.3) is 32.9 Å². The Morgan fingerprint density at radius 3 is 2.44 bits per heavy atom. The Balaban J connectivity index is 1.90. The van der Waals surface area contributed by atoms with Crippen LogP contribution in [0.4, 0.5) is 10.2 Å². The molecule has 0 radical (unpaired) electrons. The van der Waals surface area contributed by atoms with Crippen LogP contribution in [0.5, 0.6) is 0 Å². The van der Waals surface area contributed by atoms with Gasteiger partial charge >= 0.3 is 0 Å². The zero-order valence-electron chi connectivity index (χ0n) is 18.6. The van der Waals surface area contributed by atoms with E-state index < -0.39 is 5.82 Å². The smallest absolute Gasteiger partial charge is 0.193 e. The molecule has 8 heteroatoms. The molecule has 0 aliphatic carbocycles. The molecule has 0 saturated carbocycles. The Labute approximate surface area is 205 Å². The highest BCUT2D eigenvalue weighted by molar-refractivity contribution is 14.1. The molecule has 0 aliphatic rings. The Kier molecular flexibility index (Phi) is 6.26. The number of anilines is 1. The Morgan fingerprint density at radius 2 is 1.75 bits per heavy atom. The highest BCUT2D eigenvalue weighted by Gasteiger charge is 2.26. The summed E-state index contributed by atoms with van der Waals surface area (Å²) < 4.78 is 16.4. The number of hydrogen-bond donors (Lipinski definition) is 0. The fourth-order valence-corrected chi connectivity index (χ4v) is 4.54. The third kappa shape index (κ3) is 4.13. The minimum atomic E-state index is -0.475. The SMILES string of the molecule is CN(CC(C)(C)N(C)C)c1nc(I)nc2c(F)c(-c3cccc4cccc(Cl)c34)ncc12. The molecule has 2 heterocycles. The molecular formula is C24H24ClFIN5. The van der Waals surface area contributed by atoms with Crippen molar-refractivity contribution in [2.24, 2.45) is 0 Å². The largest absolute Gasteiger partial charge is 0.357 e. The third-order valence-corrected chi connectivity index (χ3v) is 6.74. The maximum absolute atomic E-state index is 15.9. The monoisotopic (exact) mass is 563 g/mol. The molecule has 4 aromatic rings. The fourth-order valence-electron chi connectivity index (χ4n) is 3.78. The molecule has 0 atom stereocenters. The van der Waals surface area contributed by atoms with Crippen LogP contribution in [0.15, 0.2) is 42.6 Å². The molecule has 0 N–H and O–H groups in total. The van der Waals surface area contributed by atoms with Crippen molar-refractivity contribution < 1.29 is 4.39 Å². The topological polar surface area (TPSA) is 45.2 Å². The molecule has 0 saturated heterocycles. The van der Waals surface area contributed by atoms with Crippen molar-refractivity contribution in [2.75, 3.05) is 32.6 Å². The average molecular weight is 564 g/mol. The quantitative estimate of drug-likeness (QED) is 0.220. The van der Waals surface area contributed by atoms with Gasteiger partial charge in [-0.25, -0.2) is 14.4 Å². The van der Waals surface area contributed by atoms with Gasteiger partial charge in [-0.15, -0.1) is 0 Å². The van der Waals surface area contributed by atoms with Gasteiger partial charge in [-0.1, -0.05) is 41.9 Å². The number of likely N-dealkylation sites (N-methyl/N-ethyl adjacent to an activating group) is 2. The van der Waals surface area contributed by atoms with Gasteiger partial charge in [0.05, 0.1) is 5.39 Å². The van der Waals surface area contributed by atoms with Gasteiger partial charge in [0.25, 0.3) is 0 Å². The van der Waals surface area contributed by atoms with E-state index >= 15 is 4.39 Å². The molecule has 0 bridgehead atoms. The summed E-state index contributed by atoms with van der Waals surface area (Å²) in [5, 5.41) is 2.84. The number of rotatable bonds is 5. The van der Waals surface area contributed by atoms with Gasteiger partial charge < -0.3 is 9.80 Å². The maximum atomic E-state index is 15.9. The van der Waals surface area contributed by atoms with Gasteiger partial charge in [-0.2, -0.15) is 0 Å². The Morgan fingerprint density at radius 1 is 1.06 bits per heavy atom. The summed E-state index contributed by atoms with van der Waals surface area (Å²) >= 11 is 8.51. The van der Waals surface area contributed by atoms with Crippen LogP contribution in [0, 0.1) is 9.65 Å². The summed E-state index contributed by atoms with van der Waals surface area (Å²) in [6.45, 7) is 5.00. The van der Waals surface area contributed by atoms with E-state index in [4.69, 9.17) is 11.6 Å². The fraction of sp³-hybridized carbons (Fsp3) is 0.292. The van der Waals surface area contributed by atoms with E-state index in [-0.39, 0.29) is 16.7 Å². The molecule has 5 nitrogen and oxygen atoms in total. The number of benzene rings is 2. The van der Waals surface area contributed by atoms with Crippen molar-refractivity contribution in [2.45, 2.75) is 19.4 Å². The molecule has 0 fully saturated rings. The number of aromatic nitrogens is 3. The van der Waals surface area contributed by atoms with E-state index in [2.05, 4.69) is 33.7 Å². The van der Waals surface area contributed by atoms with Gasteiger partial charge in [0.15, 0.2) is 9.65 Å². The number of nitrogens with zero attached hydrogens (tertiary/aromatic N) is 5. The number of hydrogen-bond acceptors (Lipinski definition) is 5. The summed E-state index contributed by atoms with van der Waals surface area (Å²) in [7, 11) is 6.04. The maximum Gasteiger partial charge on any atom is 0.193 e. The highest BCUT2D eigenvalue weighted by atomic mass is 127. The second kappa shape index (κ2) is 8.68. The lowest BCUT2D eigenvalue weighted by atomic mass is 10.0. The molecule has 2 aromatic carbocycles. The molecule has 0 amide bonds. The molecule has 0 unspecified atom stereocenters. The van der Waals surface area contributed by atoms with Crippen LogP contribution in [-0.4, -0.2) is 53.1 Å². The van der Waals surface area contributed by atoms with E-state index in [1.807, 2.05) is 79.0 Å². The van der Waals surface area contributed by atoms with E-state index in [9.17, 15) is 0 Å². The summed E-state index contributed by atoms with van der Waals surface area (Å²) in [6, 6.07) is 11.3. The van der Waals surface area contributed by atoms with Crippen LogP contribution in [0.2, 0.25) is 5.02 Å². The molecule has 166 valence electrons. The lowest BCUT2D eigenvalue weighted by Crippen LogP contribution is -2.47. The average Bonchev–Trinajstić information content (AvgIpc) is 2.73. The predicted molar refractivity (Wildman–Crippen MR) is 139 cm³/mol. The van der Waals surface area contributed by atoms with Crippen LogP contribution in [0.1, 0.15) is 13.8 Å². The van der Waals surface area contributed by atoms with Gasteiger partial charge in [-0.05, 0) is 39.4 Å². The van der Waals surface area contributed by atoms with E-state index in [1.165, 1.54) is 0 Å². The van der Waals surface area contributed by atoms with E-state index in [0.29, 0.717) is 32.2 Å². The van der Waals surface area contributed by atoms with Crippen LogP contribution >= 0.6 is 34.2 Å². The molecule has 0 aliphatic heterocycles. The van der Waals surface area contributed by atoms with Crippen LogP contribution < -0.4 is 4.90 Å². The first kappa shape index (κ1) is 23.1. The zero-order chi connectivity index (χ0) is 23.2. The van der Waals surface area contributed by atoms with E-state index in [0.717, 1.165) is 10.8 Å². The van der Waals surface area contributed by atoms with Gasteiger partial charge in [0.2, 0.25) is 0 Å². The van der Waals surface area contributed by atoms with Crippen molar-refractivity contribution >= 4 is 61.7 Å². The molecular weight excluding hydrogens is 540 g/mol. The van der Waals surface area contributed by atoms with E-state index in [1.54, 1.807) is 12.3 Å². The standard InChI is InChI=1S/C24H24ClFIN5/c1-24(2,31(3)4)13-32(5)22-16-12-28-20(19(26)21(16)29-23(27)30-22)15-10-6-8-14-9-7-11-17(25)18(14)15/h6-12H,13H2,1-5H3. The summed E-state index contributed by atoms with van der Waals surface area (Å²) in [5.41, 5.74) is 1.02. The van der Waals surface area contributed by atoms with Crippen molar-refractivity contribution in [1.82, 2.24) is 19.9 Å². The Hall–Kier alpha value is -2.10. The summed E-state index contributed by atoms with van der Waals surface area (Å²) in [4.78, 5) is 17.7. The van der Waals surface area contributed by atoms with Crippen molar-refractivity contribution in [3.63, 3.8) is 0 Å². The Bertz CT molecular complexity index is 1320. The van der Waals surface area contributed by atoms with Crippen molar-refractivity contribution in [3.8, 4) is 11.3 Å². The molecule has 4 rings (SSSR count). The number of halogens is 3. The first-order chi connectivity index (χ1) is 15.1. The van der Waals surface area contributed by atoms with Gasteiger partial charge in [0.1, 0.15) is 17.0 Å². The third-order valence-electron chi connectivity index (χ3n) is 5.94. The second-order valence-electron chi connectivity index (χ2n) is 8.71. The minimum absolute atomic E-state index is 0.108. The lowest BCUT2D eigenvalue weighted by molar-refractivity contribution is 0.202. The predicted octanol–water partition coefficient (Wildman–Crippen LogP) is 6.02. The van der Waals surface area contributed by atoms with Gasteiger partial charge in [0, 0.05) is 63.9 Å². The molecule has 0 spiro atoms. The lowest BCUT2D eigenvalue weighted by Gasteiger charge is -2.36. The normalized spacial score (nSPS) is 12.2. The first-order valence-electron chi connectivity index (χ1n) is 10.2. The summed E-state index contributed by atoms with van der Waals surface area (Å²) in [6.07, 6.45) is 1.66. The molecule has 32 heavy (non-hydrogen) atoms. The highest BCUT2D eigenvalue weighted by Crippen LogP contribution is 2.36. The van der Waals surface area contributed by atoms with Gasteiger partial charge in [-0.3, -0.25) is 4.98 Å². The molecule has 2 aromatic heterocycles. The van der Waals surface area contributed by atoms with Crippen molar-refractivity contribution in [1.29, 1.82) is 0 Å². The number of fused-ring (bicyclic) bond motifs is 2.